The molecule has 1 aliphatic rings. The number of nitrogens with one attached hydrogen (secondary N) is 1. The molecule has 1 N–H and O–H groups in total. The van der Waals surface area contributed by atoms with Crippen molar-refractivity contribution in [1.29, 1.82) is 0 Å². The summed E-state index contributed by atoms with van der Waals surface area (Å²) in [6.45, 7) is 0.246. The molecule has 1 amide bonds. The highest BCUT2D eigenvalue weighted by molar-refractivity contribution is 5.93. The van der Waals surface area contributed by atoms with Crippen molar-refractivity contribution < 1.29 is 28.5 Å². The highest BCUT2D eigenvalue weighted by Crippen LogP contribution is 2.32. The van der Waals surface area contributed by atoms with Crippen molar-refractivity contribution in [1.82, 2.24) is 0 Å². The van der Waals surface area contributed by atoms with Crippen molar-refractivity contribution in [3.8, 4) is 28.4 Å². The number of hydrogen-bond donors (Lipinski definition) is 1. The number of esters is 1. The van der Waals surface area contributed by atoms with Gasteiger partial charge in [-0.15, -0.1) is 0 Å². The standard InChI is InChI=1S/C24H21NO6/c26-23(25-19-8-11-21-22(14-19)29-13-12-28-21)15-31-24(27)16-30-20-9-6-18(7-10-20)17-4-2-1-3-5-17/h1-11,14H,12-13,15-16H2,(H,25,26). The molecule has 0 radical (unpaired) electrons. The normalized spacial score (nSPS) is 12.0. The Morgan fingerprint density at radius 3 is 2.29 bits per heavy atom. The smallest absolute Gasteiger partial charge is 0.344 e. The van der Waals surface area contributed by atoms with Crippen molar-refractivity contribution >= 4 is 17.6 Å². The van der Waals surface area contributed by atoms with E-state index in [2.05, 4.69) is 5.32 Å². The molecule has 0 saturated carbocycles. The Bertz CT molecular complexity index is 1050. The molecule has 0 fully saturated rings. The molecule has 0 atom stereocenters. The zero-order chi connectivity index (χ0) is 21.5. The van der Waals surface area contributed by atoms with Gasteiger partial charge >= 0.3 is 5.97 Å². The average Bonchev–Trinajstić information content (AvgIpc) is 2.82. The minimum atomic E-state index is -0.635. The quantitative estimate of drug-likeness (QED) is 0.588. The Morgan fingerprint density at radius 1 is 0.806 bits per heavy atom. The summed E-state index contributed by atoms with van der Waals surface area (Å²) in [5.41, 5.74) is 2.67. The molecule has 0 unspecified atom stereocenters. The number of benzene rings is 3. The zero-order valence-electron chi connectivity index (χ0n) is 16.7. The van der Waals surface area contributed by atoms with E-state index in [1.165, 1.54) is 0 Å². The molecule has 0 spiro atoms. The molecule has 158 valence electrons. The van der Waals surface area contributed by atoms with Gasteiger partial charge in [-0.05, 0) is 35.4 Å². The van der Waals surface area contributed by atoms with Crippen molar-refractivity contribution in [2.45, 2.75) is 0 Å². The number of anilines is 1. The zero-order valence-corrected chi connectivity index (χ0v) is 16.7. The fourth-order valence-electron chi connectivity index (χ4n) is 3.02. The van der Waals surface area contributed by atoms with Crippen molar-refractivity contribution in [2.75, 3.05) is 31.7 Å². The summed E-state index contributed by atoms with van der Waals surface area (Å²) >= 11 is 0. The third kappa shape index (κ3) is 5.54. The van der Waals surface area contributed by atoms with Gasteiger partial charge in [0, 0.05) is 11.8 Å². The Hall–Kier alpha value is -4.00. The highest BCUT2D eigenvalue weighted by Gasteiger charge is 2.14. The molecule has 1 heterocycles. The van der Waals surface area contributed by atoms with E-state index in [4.69, 9.17) is 18.9 Å². The van der Waals surface area contributed by atoms with Gasteiger partial charge in [0.1, 0.15) is 19.0 Å². The lowest BCUT2D eigenvalue weighted by Gasteiger charge is -2.19. The maximum atomic E-state index is 12.0. The van der Waals surface area contributed by atoms with Crippen LogP contribution < -0.4 is 19.5 Å². The van der Waals surface area contributed by atoms with Crippen LogP contribution in [0.5, 0.6) is 17.2 Å². The molecule has 7 nitrogen and oxygen atoms in total. The predicted molar refractivity (Wildman–Crippen MR) is 114 cm³/mol. The van der Waals surface area contributed by atoms with E-state index in [1.54, 1.807) is 30.3 Å². The minimum Gasteiger partial charge on any atom is -0.486 e. The lowest BCUT2D eigenvalue weighted by atomic mass is 10.1. The van der Waals surface area contributed by atoms with E-state index in [1.807, 2.05) is 42.5 Å². The molecule has 31 heavy (non-hydrogen) atoms. The van der Waals surface area contributed by atoms with Crippen LogP contribution in [0.1, 0.15) is 0 Å². The maximum Gasteiger partial charge on any atom is 0.344 e. The van der Waals surface area contributed by atoms with Crippen LogP contribution in [0, 0.1) is 0 Å². The van der Waals surface area contributed by atoms with Gasteiger partial charge in [0.15, 0.2) is 24.7 Å². The second kappa shape index (κ2) is 9.67. The Morgan fingerprint density at radius 2 is 1.52 bits per heavy atom. The fourth-order valence-corrected chi connectivity index (χ4v) is 3.02. The van der Waals surface area contributed by atoms with E-state index in [9.17, 15) is 9.59 Å². The van der Waals surface area contributed by atoms with Gasteiger partial charge in [-0.2, -0.15) is 0 Å². The Balaban J connectivity index is 1.21. The number of fused-ring (bicyclic) bond motifs is 1. The molecule has 3 aromatic rings. The van der Waals surface area contributed by atoms with Crippen LogP contribution in [0.4, 0.5) is 5.69 Å². The Labute approximate surface area is 179 Å². The molecular weight excluding hydrogens is 398 g/mol. The van der Waals surface area contributed by atoms with Crippen molar-refractivity contribution in [2.24, 2.45) is 0 Å². The molecule has 0 saturated heterocycles. The van der Waals surface area contributed by atoms with Crippen LogP contribution in [0.2, 0.25) is 0 Å². The number of amides is 1. The third-order valence-corrected chi connectivity index (χ3v) is 4.51. The van der Waals surface area contributed by atoms with Crippen LogP contribution in [-0.2, 0) is 14.3 Å². The van der Waals surface area contributed by atoms with Gasteiger partial charge < -0.3 is 24.3 Å². The molecule has 1 aliphatic heterocycles. The summed E-state index contributed by atoms with van der Waals surface area (Å²) in [7, 11) is 0. The van der Waals surface area contributed by atoms with Crippen LogP contribution in [-0.4, -0.2) is 38.3 Å². The molecular formula is C24H21NO6. The van der Waals surface area contributed by atoms with Crippen molar-refractivity contribution in [3.63, 3.8) is 0 Å². The lowest BCUT2D eigenvalue weighted by molar-refractivity contribution is -0.149. The van der Waals surface area contributed by atoms with Crippen molar-refractivity contribution in [3.05, 3.63) is 72.8 Å². The van der Waals surface area contributed by atoms with E-state index < -0.39 is 18.5 Å². The van der Waals surface area contributed by atoms with Gasteiger partial charge in [-0.1, -0.05) is 42.5 Å². The number of carbonyl (C=O) groups excluding carboxylic acids is 2. The molecule has 0 aliphatic carbocycles. The SMILES string of the molecule is O=C(COC(=O)COc1ccc(-c2ccccc2)cc1)Nc1ccc2c(c1)OCCO2. The monoisotopic (exact) mass is 419 g/mol. The van der Waals surface area contributed by atoms with Gasteiger partial charge in [-0.3, -0.25) is 4.79 Å². The predicted octanol–water partition coefficient (Wildman–Crippen LogP) is 3.69. The lowest BCUT2D eigenvalue weighted by Crippen LogP contribution is -2.23. The van der Waals surface area contributed by atoms with Crippen LogP contribution in [0.15, 0.2) is 72.8 Å². The largest absolute Gasteiger partial charge is 0.486 e. The Kier molecular flexibility index (Phi) is 6.32. The molecule has 0 bridgehead atoms. The van der Waals surface area contributed by atoms with Crippen LogP contribution >= 0.6 is 0 Å². The molecule has 4 rings (SSSR count). The summed E-state index contributed by atoms with van der Waals surface area (Å²) < 4.78 is 21.3. The minimum absolute atomic E-state index is 0.290. The first-order valence-electron chi connectivity index (χ1n) is 9.81. The van der Waals surface area contributed by atoms with Gasteiger partial charge in [0.05, 0.1) is 0 Å². The van der Waals surface area contributed by atoms with Crippen LogP contribution in [0.25, 0.3) is 11.1 Å². The highest BCUT2D eigenvalue weighted by atomic mass is 16.6. The van der Waals surface area contributed by atoms with Crippen LogP contribution in [0.3, 0.4) is 0 Å². The second-order valence-electron chi connectivity index (χ2n) is 6.75. The summed E-state index contributed by atoms with van der Waals surface area (Å²) in [6, 6.07) is 22.4. The van der Waals surface area contributed by atoms with Gasteiger partial charge in [0.2, 0.25) is 0 Å². The summed E-state index contributed by atoms with van der Waals surface area (Å²) in [4.78, 5) is 23.9. The van der Waals surface area contributed by atoms with E-state index in [0.717, 1.165) is 11.1 Å². The van der Waals surface area contributed by atoms with E-state index >= 15 is 0 Å². The molecule has 3 aromatic carbocycles. The summed E-state index contributed by atoms with van der Waals surface area (Å²) in [5.74, 6) is 0.636. The van der Waals surface area contributed by atoms with Gasteiger partial charge in [0.25, 0.3) is 5.91 Å². The summed E-state index contributed by atoms with van der Waals surface area (Å²) in [5, 5.41) is 2.65. The first-order valence-corrected chi connectivity index (χ1v) is 9.81. The number of hydrogen-bond acceptors (Lipinski definition) is 6. The molecule has 7 heteroatoms. The molecule has 0 aromatic heterocycles. The van der Waals surface area contributed by atoms with E-state index in [0.29, 0.717) is 36.1 Å². The second-order valence-corrected chi connectivity index (χ2v) is 6.75. The fraction of sp³-hybridized carbons (Fsp3) is 0.167. The first kappa shape index (κ1) is 20.3. The number of carbonyl (C=O) groups is 2. The van der Waals surface area contributed by atoms with Gasteiger partial charge in [-0.25, -0.2) is 4.79 Å². The number of ether oxygens (including phenoxy) is 4. The maximum absolute atomic E-state index is 12.0. The third-order valence-electron chi connectivity index (χ3n) is 4.51. The average molecular weight is 419 g/mol. The summed E-state index contributed by atoms with van der Waals surface area (Å²) in [6.07, 6.45) is 0. The first-order chi connectivity index (χ1) is 15.2. The number of rotatable bonds is 7. The topological polar surface area (TPSA) is 83.1 Å². The van der Waals surface area contributed by atoms with E-state index in [-0.39, 0.29) is 6.61 Å².